The number of hydrogen-bond acceptors (Lipinski definition) is 4. The number of nitrogens with two attached hydrogens (primary N) is 1. The van der Waals surface area contributed by atoms with Gasteiger partial charge >= 0.3 is 5.17 Å². The lowest BCUT2D eigenvalue weighted by Crippen LogP contribution is -2.85. The molecule has 0 aromatic rings. The van der Waals surface area contributed by atoms with Crippen molar-refractivity contribution >= 4 is 32.7 Å². The van der Waals surface area contributed by atoms with Crippen LogP contribution in [0.5, 0.6) is 0 Å². The molecule has 15 heavy (non-hydrogen) atoms. The molecule has 1 atom stereocenters. The monoisotopic (exact) mass is 250 g/mol. The number of amides is 1. The molecule has 0 spiro atoms. The van der Waals surface area contributed by atoms with Crippen molar-refractivity contribution in [2.75, 3.05) is 5.75 Å². The van der Waals surface area contributed by atoms with Crippen molar-refractivity contribution in [3.05, 3.63) is 11.5 Å². The molecule has 0 aromatic heterocycles. The number of amidine groups is 1. The Bertz CT molecular complexity index is 413. The van der Waals surface area contributed by atoms with Gasteiger partial charge in [0.2, 0.25) is 0 Å². The van der Waals surface area contributed by atoms with E-state index in [1.807, 2.05) is 0 Å². The quantitative estimate of drug-likeness (QED) is 0.285. The van der Waals surface area contributed by atoms with E-state index in [0.717, 1.165) is 11.8 Å². The van der Waals surface area contributed by atoms with Crippen LogP contribution in [0.15, 0.2) is 11.5 Å². The number of sulfone groups is 1. The first-order valence-corrected chi connectivity index (χ1v) is 6.71. The summed E-state index contributed by atoms with van der Waals surface area (Å²) in [6.07, 6.45) is 1.57. The molecular weight excluding hydrogens is 238 g/mol. The first-order chi connectivity index (χ1) is 6.89. The van der Waals surface area contributed by atoms with Crippen molar-refractivity contribution in [1.29, 1.82) is 0 Å². The van der Waals surface area contributed by atoms with Gasteiger partial charge in [-0.3, -0.25) is 10.5 Å². The zero-order valence-electron chi connectivity index (χ0n) is 8.06. The molecule has 1 heterocycles. The summed E-state index contributed by atoms with van der Waals surface area (Å²) in [6, 6.07) is 0. The first kappa shape index (κ1) is 12.1. The molecule has 0 saturated carbocycles. The molecule has 1 aliphatic rings. The first-order valence-electron chi connectivity index (χ1n) is 4.12. The lowest BCUT2D eigenvalue weighted by Gasteiger charge is -2.01. The summed E-state index contributed by atoms with van der Waals surface area (Å²) in [5, 5.41) is 3.71. The van der Waals surface area contributed by atoms with Gasteiger partial charge in [-0.05, 0) is 11.8 Å². The summed E-state index contributed by atoms with van der Waals surface area (Å²) in [6.45, 7) is 1.34. The SMILES string of the molecule is CC(=O)N[NH+]=C(N)SC1C=CS(=O)(=O)C1. The highest BCUT2D eigenvalue weighted by molar-refractivity contribution is 8.15. The number of rotatable bonds is 2. The molecule has 0 bridgehead atoms. The number of nitrogens with one attached hydrogen (secondary N) is 2. The second-order valence-corrected chi connectivity index (χ2v) is 6.20. The number of carbonyl (C=O) groups excluding carboxylic acids is 1. The molecule has 0 aliphatic carbocycles. The number of thioether (sulfide) groups is 1. The van der Waals surface area contributed by atoms with Crippen LogP contribution in [0.25, 0.3) is 0 Å². The molecule has 4 N–H and O–H groups in total. The van der Waals surface area contributed by atoms with Crippen LogP contribution in [-0.2, 0) is 14.6 Å². The van der Waals surface area contributed by atoms with Gasteiger partial charge in [-0.25, -0.2) is 8.42 Å². The predicted molar refractivity (Wildman–Crippen MR) is 58.3 cm³/mol. The molecule has 84 valence electrons. The van der Waals surface area contributed by atoms with E-state index in [2.05, 4.69) is 10.5 Å². The molecule has 1 rings (SSSR count). The number of hydrogen-bond donors (Lipinski definition) is 3. The second kappa shape index (κ2) is 4.67. The van der Waals surface area contributed by atoms with Crippen LogP contribution < -0.4 is 16.3 Å². The van der Waals surface area contributed by atoms with Crippen LogP contribution in [0.3, 0.4) is 0 Å². The number of carbonyl (C=O) groups is 1. The maximum Gasteiger partial charge on any atom is 0.326 e. The predicted octanol–water partition coefficient (Wildman–Crippen LogP) is -2.52. The van der Waals surface area contributed by atoms with E-state index in [4.69, 9.17) is 5.73 Å². The van der Waals surface area contributed by atoms with Crippen molar-refractivity contribution in [3.63, 3.8) is 0 Å². The summed E-state index contributed by atoms with van der Waals surface area (Å²) < 4.78 is 22.1. The van der Waals surface area contributed by atoms with Gasteiger partial charge in [0.15, 0.2) is 9.84 Å². The topological polar surface area (TPSA) is 103 Å². The van der Waals surface area contributed by atoms with Crippen LogP contribution in [-0.4, -0.2) is 30.5 Å². The van der Waals surface area contributed by atoms with Crippen LogP contribution in [0.1, 0.15) is 6.92 Å². The zero-order chi connectivity index (χ0) is 11.5. The summed E-state index contributed by atoms with van der Waals surface area (Å²) in [5.74, 6) is -0.228. The highest BCUT2D eigenvalue weighted by Crippen LogP contribution is 2.19. The van der Waals surface area contributed by atoms with E-state index in [1.165, 1.54) is 12.3 Å². The highest BCUT2D eigenvalue weighted by Gasteiger charge is 2.24. The lowest BCUT2D eigenvalue weighted by atomic mass is 10.5. The van der Waals surface area contributed by atoms with Crippen molar-refractivity contribution in [1.82, 2.24) is 5.43 Å². The zero-order valence-corrected chi connectivity index (χ0v) is 9.69. The Hall–Kier alpha value is -1.02. The third kappa shape index (κ3) is 4.34. The maximum absolute atomic E-state index is 11.0. The van der Waals surface area contributed by atoms with E-state index >= 15 is 0 Å². The molecule has 8 heteroatoms. The second-order valence-electron chi connectivity index (χ2n) is 2.98. The third-order valence-electron chi connectivity index (χ3n) is 1.54. The van der Waals surface area contributed by atoms with E-state index in [0.29, 0.717) is 0 Å². The largest absolute Gasteiger partial charge is 0.326 e. The smallest absolute Gasteiger partial charge is 0.280 e. The summed E-state index contributed by atoms with van der Waals surface area (Å²) in [4.78, 5) is 10.5. The minimum absolute atomic E-state index is 0.0418. The minimum Gasteiger partial charge on any atom is -0.280 e. The van der Waals surface area contributed by atoms with E-state index in [1.54, 1.807) is 6.08 Å². The van der Waals surface area contributed by atoms with Gasteiger partial charge in [-0.1, -0.05) is 6.08 Å². The van der Waals surface area contributed by atoms with Crippen LogP contribution in [0.2, 0.25) is 0 Å². The molecule has 0 radical (unpaired) electrons. The molecular formula is C7H12N3O3S2+. The normalized spacial score (nSPS) is 24.1. The van der Waals surface area contributed by atoms with Gasteiger partial charge in [-0.2, -0.15) is 10.5 Å². The summed E-state index contributed by atoms with van der Waals surface area (Å²) in [5.41, 5.74) is 7.81. The van der Waals surface area contributed by atoms with Crippen molar-refractivity contribution in [2.24, 2.45) is 5.73 Å². The van der Waals surface area contributed by atoms with Gasteiger partial charge < -0.3 is 0 Å². The van der Waals surface area contributed by atoms with Crippen molar-refractivity contribution in [2.45, 2.75) is 12.2 Å². The van der Waals surface area contributed by atoms with Crippen LogP contribution >= 0.6 is 11.8 Å². The average molecular weight is 250 g/mol. The van der Waals surface area contributed by atoms with Gasteiger partial charge in [0.1, 0.15) is 0 Å². The van der Waals surface area contributed by atoms with Crippen LogP contribution in [0.4, 0.5) is 0 Å². The Labute approximate surface area is 91.9 Å². The molecule has 0 fully saturated rings. The Morgan fingerprint density at radius 2 is 2.33 bits per heavy atom. The average Bonchev–Trinajstić information content (AvgIpc) is 2.42. The molecule has 1 unspecified atom stereocenters. The molecule has 0 saturated heterocycles. The summed E-state index contributed by atoms with van der Waals surface area (Å²) in [7, 11) is -3.06. The van der Waals surface area contributed by atoms with Gasteiger partial charge in [0.25, 0.3) is 5.91 Å². The highest BCUT2D eigenvalue weighted by atomic mass is 32.2. The fourth-order valence-electron chi connectivity index (χ4n) is 0.963. The van der Waals surface area contributed by atoms with E-state index in [-0.39, 0.29) is 22.1 Å². The van der Waals surface area contributed by atoms with E-state index in [9.17, 15) is 13.2 Å². The Balaban J connectivity index is 2.47. The van der Waals surface area contributed by atoms with Gasteiger partial charge in [0, 0.05) is 17.6 Å². The minimum atomic E-state index is -3.06. The number of hydrazone groups is 1. The third-order valence-corrected chi connectivity index (χ3v) is 4.13. The van der Waals surface area contributed by atoms with Gasteiger partial charge in [0.05, 0.1) is 5.75 Å². The summed E-state index contributed by atoms with van der Waals surface area (Å²) >= 11 is 1.15. The standard InChI is InChI=1S/C7H11N3O3S2/c1-5(11)9-10-7(8)14-6-2-3-15(12,13)4-6/h2-3,6H,4H2,1H3,(H2,8,10)(H,9,11)/p+1. The van der Waals surface area contributed by atoms with Gasteiger partial charge in [-0.15, -0.1) is 0 Å². The molecule has 1 amide bonds. The molecule has 1 aliphatic heterocycles. The van der Waals surface area contributed by atoms with Crippen LogP contribution in [0, 0.1) is 0 Å². The Morgan fingerprint density at radius 3 is 2.80 bits per heavy atom. The molecule has 0 aromatic carbocycles. The Morgan fingerprint density at radius 1 is 1.67 bits per heavy atom. The molecule has 6 nitrogen and oxygen atoms in total. The number of hydrazine groups is 1. The fraction of sp³-hybridized carbons (Fsp3) is 0.429. The van der Waals surface area contributed by atoms with Crippen molar-refractivity contribution < 1.29 is 18.3 Å². The maximum atomic E-state index is 11.0. The van der Waals surface area contributed by atoms with E-state index < -0.39 is 9.84 Å². The van der Waals surface area contributed by atoms with Crippen molar-refractivity contribution in [3.8, 4) is 0 Å². The Kier molecular flexibility index (Phi) is 3.75. The fourth-order valence-corrected chi connectivity index (χ4v) is 3.61. The lowest BCUT2D eigenvalue weighted by molar-refractivity contribution is -0.509.